The molecule has 5 nitrogen and oxygen atoms in total. The lowest BCUT2D eigenvalue weighted by molar-refractivity contribution is -0.143. The van der Waals surface area contributed by atoms with Gasteiger partial charge in [0.15, 0.2) is 0 Å². The molecule has 31 heavy (non-hydrogen) atoms. The molecule has 3 saturated carbocycles. The summed E-state index contributed by atoms with van der Waals surface area (Å²) in [5.41, 5.74) is 0.115. The lowest BCUT2D eigenvalue weighted by atomic mass is 9.47. The quantitative estimate of drug-likeness (QED) is 0.772. The highest BCUT2D eigenvalue weighted by molar-refractivity contribution is 5.92. The van der Waals surface area contributed by atoms with Crippen molar-refractivity contribution in [2.24, 2.45) is 34.5 Å². The highest BCUT2D eigenvalue weighted by Crippen LogP contribution is 2.65. The molecule has 0 saturated heterocycles. The minimum atomic E-state index is 0.0570. The minimum Gasteiger partial charge on any atom is -0.336 e. The van der Waals surface area contributed by atoms with E-state index >= 15 is 0 Å². The fourth-order valence-electron chi connectivity index (χ4n) is 8.05. The summed E-state index contributed by atoms with van der Waals surface area (Å²) in [6, 6.07) is 5.97. The third kappa shape index (κ3) is 3.07. The molecule has 4 aliphatic rings. The first-order chi connectivity index (χ1) is 14.9. The van der Waals surface area contributed by atoms with E-state index in [1.165, 1.54) is 6.42 Å². The number of nitrogens with zero attached hydrogens (tertiary/aromatic N) is 2. The second-order valence-corrected chi connectivity index (χ2v) is 10.7. The zero-order chi connectivity index (χ0) is 21.8. The molecule has 7 atom stereocenters. The van der Waals surface area contributed by atoms with Crippen LogP contribution in [0, 0.1) is 34.5 Å². The van der Waals surface area contributed by atoms with E-state index in [0.717, 1.165) is 38.6 Å². The molecular weight excluding hydrogens is 386 g/mol. The second-order valence-electron chi connectivity index (χ2n) is 10.7. The van der Waals surface area contributed by atoms with Crippen molar-refractivity contribution in [3.63, 3.8) is 0 Å². The maximum atomic E-state index is 13.2. The van der Waals surface area contributed by atoms with Crippen LogP contribution in [0.1, 0.15) is 59.3 Å². The van der Waals surface area contributed by atoms with Gasteiger partial charge in [0.2, 0.25) is 11.8 Å². The predicted octanol–water partition coefficient (Wildman–Crippen LogP) is 4.67. The van der Waals surface area contributed by atoms with Crippen LogP contribution < -0.4 is 5.32 Å². The Hall–Kier alpha value is -2.17. The largest absolute Gasteiger partial charge is 0.336 e. The number of fused-ring (bicyclic) bond motifs is 5. The third-order valence-corrected chi connectivity index (χ3v) is 9.55. The number of carbonyl (C=O) groups is 2. The van der Waals surface area contributed by atoms with Gasteiger partial charge in [0.05, 0.1) is 0 Å². The maximum absolute atomic E-state index is 13.2. The first-order valence-electron chi connectivity index (χ1n) is 12.1. The molecule has 5 rings (SSSR count). The summed E-state index contributed by atoms with van der Waals surface area (Å²) < 4.78 is 0. The molecule has 0 bridgehead atoms. The topological polar surface area (TPSA) is 62.3 Å². The fraction of sp³-hybridized carbons (Fsp3) is 0.654. The number of amides is 2. The normalized spacial score (nSPS) is 41.3. The Morgan fingerprint density at radius 2 is 2.00 bits per heavy atom. The Kier molecular flexibility index (Phi) is 4.98. The molecule has 1 N–H and O–H groups in total. The Bertz CT molecular complexity index is 899. The van der Waals surface area contributed by atoms with Gasteiger partial charge >= 0.3 is 0 Å². The van der Waals surface area contributed by atoms with Gasteiger partial charge in [-0.1, -0.05) is 26.0 Å². The van der Waals surface area contributed by atoms with Gasteiger partial charge in [-0.25, -0.2) is 4.98 Å². The van der Waals surface area contributed by atoms with Gasteiger partial charge < -0.3 is 10.2 Å². The molecule has 2 amide bonds. The van der Waals surface area contributed by atoms with Crippen molar-refractivity contribution in [2.45, 2.75) is 65.3 Å². The van der Waals surface area contributed by atoms with Crippen molar-refractivity contribution in [2.75, 3.05) is 11.9 Å². The van der Waals surface area contributed by atoms with Gasteiger partial charge in [0.1, 0.15) is 5.82 Å². The van der Waals surface area contributed by atoms with Crippen molar-refractivity contribution in [3.8, 4) is 0 Å². The van der Waals surface area contributed by atoms with Crippen LogP contribution in [-0.2, 0) is 9.59 Å². The summed E-state index contributed by atoms with van der Waals surface area (Å²) in [5.74, 6) is 2.85. The Morgan fingerprint density at radius 1 is 1.16 bits per heavy atom. The number of aromatic nitrogens is 1. The van der Waals surface area contributed by atoms with Crippen LogP contribution in [0.3, 0.4) is 0 Å². The molecule has 2 heterocycles. The van der Waals surface area contributed by atoms with Crippen LogP contribution in [0.25, 0.3) is 0 Å². The smallest absolute Gasteiger partial charge is 0.246 e. The molecule has 0 unspecified atom stereocenters. The first-order valence-corrected chi connectivity index (χ1v) is 12.1. The number of anilines is 1. The zero-order valence-electron chi connectivity index (χ0n) is 19.0. The number of likely N-dealkylation sites (N-methyl/N-ethyl adjacent to an activating group) is 1. The monoisotopic (exact) mass is 421 g/mol. The van der Waals surface area contributed by atoms with E-state index in [0.29, 0.717) is 29.6 Å². The summed E-state index contributed by atoms with van der Waals surface area (Å²) >= 11 is 0. The molecule has 3 aliphatic carbocycles. The van der Waals surface area contributed by atoms with E-state index in [1.54, 1.807) is 6.20 Å². The van der Waals surface area contributed by atoms with Crippen LogP contribution in [0.2, 0.25) is 0 Å². The molecule has 0 radical (unpaired) electrons. The number of rotatable bonds is 3. The second kappa shape index (κ2) is 7.46. The van der Waals surface area contributed by atoms with E-state index in [-0.39, 0.29) is 28.6 Å². The summed E-state index contributed by atoms with van der Waals surface area (Å²) in [4.78, 5) is 32.1. The van der Waals surface area contributed by atoms with Gasteiger partial charge in [-0.2, -0.15) is 0 Å². The average molecular weight is 422 g/mol. The lowest BCUT2D eigenvalue weighted by Gasteiger charge is -2.60. The first kappa shape index (κ1) is 20.7. The van der Waals surface area contributed by atoms with Crippen LogP contribution in [0.4, 0.5) is 5.82 Å². The van der Waals surface area contributed by atoms with Crippen molar-refractivity contribution in [1.82, 2.24) is 9.88 Å². The van der Waals surface area contributed by atoms with Crippen molar-refractivity contribution in [3.05, 3.63) is 36.5 Å². The minimum absolute atomic E-state index is 0.0570. The maximum Gasteiger partial charge on any atom is 0.246 e. The average Bonchev–Trinajstić information content (AvgIpc) is 3.12. The SMILES string of the molecule is CCN1C(=O)C=C[C@]2(C)[C@H]3CC[C@]4(C)[C@@H](C(=O)Nc5ccccn5)CC[C@H]4[C@@H]3CC[C@@H]12. The van der Waals surface area contributed by atoms with E-state index in [9.17, 15) is 9.59 Å². The standard InChI is InChI=1S/C26H35N3O2/c1-4-29-21-11-8-17-18-9-10-20(24(31)28-22-7-5-6-16-27-22)25(18,2)14-12-19(17)26(21,3)15-13-23(29)30/h5-7,13,15-21H,4,8-12,14H2,1-3H3,(H,27,28,31)/t17-,18-,19-,20+,21+,25-,26+/m0/s1. The number of carbonyl (C=O) groups excluding carboxylic acids is 2. The molecule has 0 spiro atoms. The van der Waals surface area contributed by atoms with Gasteiger partial charge in [-0.3, -0.25) is 9.59 Å². The van der Waals surface area contributed by atoms with Crippen molar-refractivity contribution < 1.29 is 9.59 Å². The van der Waals surface area contributed by atoms with Gasteiger partial charge in [0.25, 0.3) is 0 Å². The van der Waals surface area contributed by atoms with Crippen LogP contribution in [0.5, 0.6) is 0 Å². The summed E-state index contributed by atoms with van der Waals surface area (Å²) in [5, 5.41) is 3.08. The van der Waals surface area contributed by atoms with E-state index in [1.807, 2.05) is 24.3 Å². The number of hydrogen-bond donors (Lipinski definition) is 1. The highest BCUT2D eigenvalue weighted by Gasteiger charge is 2.61. The van der Waals surface area contributed by atoms with Crippen molar-refractivity contribution in [1.29, 1.82) is 0 Å². The molecule has 0 aromatic carbocycles. The molecule has 166 valence electrons. The predicted molar refractivity (Wildman–Crippen MR) is 121 cm³/mol. The van der Waals surface area contributed by atoms with Crippen LogP contribution in [0.15, 0.2) is 36.5 Å². The summed E-state index contributed by atoms with van der Waals surface area (Å²) in [6.07, 6.45) is 12.4. The molecular formula is C26H35N3O2. The number of nitrogens with one attached hydrogen (secondary N) is 1. The third-order valence-electron chi connectivity index (χ3n) is 9.55. The number of hydrogen-bond acceptors (Lipinski definition) is 3. The highest BCUT2D eigenvalue weighted by atomic mass is 16.2. The van der Waals surface area contributed by atoms with Gasteiger partial charge in [-0.15, -0.1) is 0 Å². The fourth-order valence-corrected chi connectivity index (χ4v) is 8.05. The number of pyridine rings is 1. The summed E-state index contributed by atoms with van der Waals surface area (Å²) in [6.45, 7) is 7.65. The molecule has 1 aromatic heterocycles. The van der Waals surface area contributed by atoms with Gasteiger partial charge in [0, 0.05) is 30.1 Å². The molecule has 3 fully saturated rings. The zero-order valence-corrected chi connectivity index (χ0v) is 19.0. The van der Waals surface area contributed by atoms with E-state index < -0.39 is 0 Å². The Labute approximate surface area is 185 Å². The van der Waals surface area contributed by atoms with E-state index in [2.05, 4.69) is 42.0 Å². The lowest BCUT2D eigenvalue weighted by Crippen LogP contribution is -2.60. The van der Waals surface area contributed by atoms with E-state index in [4.69, 9.17) is 0 Å². The molecule has 1 aliphatic heterocycles. The van der Waals surface area contributed by atoms with Crippen LogP contribution in [-0.4, -0.2) is 34.3 Å². The van der Waals surface area contributed by atoms with Gasteiger partial charge in [-0.05, 0) is 86.8 Å². The summed E-state index contributed by atoms with van der Waals surface area (Å²) in [7, 11) is 0. The Morgan fingerprint density at radius 3 is 2.74 bits per heavy atom. The molecule has 5 heteroatoms. The Balaban J connectivity index is 1.38. The van der Waals surface area contributed by atoms with Crippen LogP contribution >= 0.6 is 0 Å². The van der Waals surface area contributed by atoms with Crippen molar-refractivity contribution >= 4 is 17.6 Å². The molecule has 1 aromatic rings.